The molecule has 3 heterocycles. The Morgan fingerprint density at radius 2 is 1.90 bits per heavy atom. The van der Waals surface area contributed by atoms with Gasteiger partial charge in [0, 0.05) is 42.8 Å². The second-order valence-corrected chi connectivity index (χ2v) is 9.84. The largest absolute Gasteiger partial charge is 0.487 e. The third-order valence-corrected chi connectivity index (χ3v) is 6.94. The van der Waals surface area contributed by atoms with Crippen molar-refractivity contribution in [1.29, 1.82) is 0 Å². The molecule has 39 heavy (non-hydrogen) atoms. The van der Waals surface area contributed by atoms with Gasteiger partial charge in [-0.15, -0.1) is 0 Å². The fraction of sp³-hybridized carbons (Fsp3) is 0.200. The first-order valence-electron chi connectivity index (χ1n) is 12.8. The highest BCUT2D eigenvalue weighted by atomic mass is 35.5. The van der Waals surface area contributed by atoms with Crippen molar-refractivity contribution >= 4 is 34.0 Å². The van der Waals surface area contributed by atoms with Crippen LogP contribution >= 0.6 is 11.6 Å². The Kier molecular flexibility index (Phi) is 7.40. The van der Waals surface area contributed by atoms with Gasteiger partial charge in [-0.1, -0.05) is 23.7 Å². The Morgan fingerprint density at radius 3 is 2.74 bits per heavy atom. The van der Waals surface area contributed by atoms with E-state index in [1.165, 1.54) is 18.5 Å². The molecule has 198 valence electrons. The summed E-state index contributed by atoms with van der Waals surface area (Å²) in [4.78, 5) is 11.3. The van der Waals surface area contributed by atoms with Crippen LogP contribution in [0, 0.1) is 5.82 Å². The molecule has 5 aromatic rings. The van der Waals surface area contributed by atoms with E-state index >= 15 is 0 Å². The highest BCUT2D eigenvalue weighted by Crippen LogP contribution is 2.33. The van der Waals surface area contributed by atoms with Crippen LogP contribution in [0.5, 0.6) is 5.75 Å². The first kappa shape index (κ1) is 25.3. The predicted molar refractivity (Wildman–Crippen MR) is 151 cm³/mol. The molecule has 2 N–H and O–H groups in total. The number of nitrogens with zero attached hydrogens (tertiary/aromatic N) is 3. The summed E-state index contributed by atoms with van der Waals surface area (Å²) in [6, 6.07) is 21.8. The van der Waals surface area contributed by atoms with Crippen LogP contribution in [0.3, 0.4) is 0 Å². The number of furan rings is 1. The molecule has 6 rings (SSSR count). The van der Waals surface area contributed by atoms with Gasteiger partial charge in [0.05, 0.1) is 17.1 Å². The van der Waals surface area contributed by atoms with E-state index in [1.807, 2.05) is 36.4 Å². The van der Waals surface area contributed by atoms with E-state index in [0.717, 1.165) is 72.0 Å². The summed E-state index contributed by atoms with van der Waals surface area (Å²) in [5.74, 6) is 2.61. The smallest absolute Gasteiger partial charge is 0.141 e. The maximum atomic E-state index is 13.4. The first-order chi connectivity index (χ1) is 19.1. The van der Waals surface area contributed by atoms with Gasteiger partial charge in [0.1, 0.15) is 41.8 Å². The number of ether oxygens (including phenoxy) is 1. The van der Waals surface area contributed by atoms with E-state index < -0.39 is 0 Å². The lowest BCUT2D eigenvalue weighted by Gasteiger charge is -2.26. The van der Waals surface area contributed by atoms with E-state index in [2.05, 4.69) is 25.5 Å². The summed E-state index contributed by atoms with van der Waals surface area (Å²) in [6.45, 7) is 5.06. The summed E-state index contributed by atoms with van der Waals surface area (Å²) < 4.78 is 25.4. The van der Waals surface area contributed by atoms with Gasteiger partial charge in [0.25, 0.3) is 0 Å². The van der Waals surface area contributed by atoms with Gasteiger partial charge >= 0.3 is 0 Å². The van der Waals surface area contributed by atoms with E-state index in [0.29, 0.717) is 16.6 Å². The van der Waals surface area contributed by atoms with Crippen LogP contribution in [-0.4, -0.2) is 41.0 Å². The predicted octanol–water partition coefficient (Wildman–Crippen LogP) is 6.41. The van der Waals surface area contributed by atoms with E-state index in [4.69, 9.17) is 20.8 Å². The van der Waals surface area contributed by atoms with Crippen molar-refractivity contribution < 1.29 is 13.5 Å². The van der Waals surface area contributed by atoms with Gasteiger partial charge in [-0.2, -0.15) is 0 Å². The Bertz CT molecular complexity index is 1600. The molecule has 2 aromatic heterocycles. The van der Waals surface area contributed by atoms with Gasteiger partial charge < -0.3 is 19.8 Å². The van der Waals surface area contributed by atoms with Gasteiger partial charge in [0.2, 0.25) is 0 Å². The van der Waals surface area contributed by atoms with Crippen molar-refractivity contribution in [1.82, 2.24) is 20.2 Å². The fourth-order valence-corrected chi connectivity index (χ4v) is 4.87. The Labute approximate surface area is 230 Å². The molecule has 1 saturated heterocycles. The van der Waals surface area contributed by atoms with Crippen molar-refractivity contribution in [2.24, 2.45) is 0 Å². The SMILES string of the molecule is Fc1cccc(COc2ccc(Nc3ncnc4ccc(-c5ccc(CN6CCNCC6)o5)cc34)cc2Cl)c1. The number of fused-ring (bicyclic) bond motifs is 1. The molecular weight excluding hydrogens is 517 g/mol. The molecule has 0 aliphatic carbocycles. The number of hydrogen-bond acceptors (Lipinski definition) is 7. The number of anilines is 2. The minimum Gasteiger partial charge on any atom is -0.487 e. The number of nitrogens with one attached hydrogen (secondary N) is 2. The van der Waals surface area contributed by atoms with Crippen molar-refractivity contribution in [2.45, 2.75) is 13.2 Å². The van der Waals surface area contributed by atoms with Crippen LogP contribution in [0.4, 0.5) is 15.9 Å². The van der Waals surface area contributed by atoms with Crippen LogP contribution < -0.4 is 15.4 Å². The van der Waals surface area contributed by atoms with E-state index in [9.17, 15) is 4.39 Å². The number of benzene rings is 3. The molecule has 9 heteroatoms. The van der Waals surface area contributed by atoms with E-state index in [-0.39, 0.29) is 12.4 Å². The topological polar surface area (TPSA) is 75.5 Å². The molecule has 0 radical (unpaired) electrons. The zero-order valence-corrected chi connectivity index (χ0v) is 21.9. The lowest BCUT2D eigenvalue weighted by Crippen LogP contribution is -2.42. The summed E-state index contributed by atoms with van der Waals surface area (Å²) >= 11 is 6.50. The highest BCUT2D eigenvalue weighted by Gasteiger charge is 2.14. The molecule has 0 saturated carbocycles. The van der Waals surface area contributed by atoms with Crippen LogP contribution in [0.1, 0.15) is 11.3 Å². The number of aromatic nitrogens is 2. The molecule has 0 unspecified atom stereocenters. The van der Waals surface area contributed by atoms with Gasteiger partial charge in [-0.3, -0.25) is 4.90 Å². The first-order valence-corrected chi connectivity index (χ1v) is 13.2. The molecule has 0 bridgehead atoms. The summed E-state index contributed by atoms with van der Waals surface area (Å²) in [5.41, 5.74) is 3.24. The maximum Gasteiger partial charge on any atom is 0.141 e. The summed E-state index contributed by atoms with van der Waals surface area (Å²) in [5, 5.41) is 8.02. The van der Waals surface area contributed by atoms with Crippen LogP contribution in [0.2, 0.25) is 5.02 Å². The van der Waals surface area contributed by atoms with E-state index in [1.54, 1.807) is 24.3 Å². The quantitative estimate of drug-likeness (QED) is 0.234. The molecule has 3 aromatic carbocycles. The van der Waals surface area contributed by atoms with Crippen LogP contribution in [-0.2, 0) is 13.2 Å². The average molecular weight is 544 g/mol. The second kappa shape index (κ2) is 11.4. The average Bonchev–Trinajstić information content (AvgIpc) is 3.42. The molecule has 0 amide bonds. The molecule has 0 atom stereocenters. The lowest BCUT2D eigenvalue weighted by atomic mass is 10.1. The lowest BCUT2D eigenvalue weighted by molar-refractivity contribution is 0.217. The molecule has 1 aliphatic heterocycles. The van der Waals surface area contributed by atoms with Crippen molar-refractivity contribution in [3.63, 3.8) is 0 Å². The van der Waals surface area contributed by atoms with Gasteiger partial charge in [-0.25, -0.2) is 14.4 Å². The molecule has 7 nitrogen and oxygen atoms in total. The maximum absolute atomic E-state index is 13.4. The van der Waals surface area contributed by atoms with Crippen molar-refractivity contribution in [3.05, 3.63) is 101 Å². The van der Waals surface area contributed by atoms with Crippen LogP contribution in [0.25, 0.3) is 22.2 Å². The molecule has 1 aliphatic rings. The zero-order valence-electron chi connectivity index (χ0n) is 21.2. The standard InChI is InChI=1S/C30H27ClFN5O2/c31-26-16-23(5-8-29(26)38-18-20-2-1-3-22(32)14-20)36-30-25-15-21(4-7-27(25)34-19-35-30)28-9-6-24(39-28)17-37-12-10-33-11-13-37/h1-9,14-16,19,33H,10-13,17-18H2,(H,34,35,36). The normalized spacial score (nSPS) is 14.0. The monoisotopic (exact) mass is 543 g/mol. The van der Waals surface area contributed by atoms with Crippen molar-refractivity contribution in [3.8, 4) is 17.1 Å². The minimum absolute atomic E-state index is 0.216. The number of piperazine rings is 1. The number of hydrogen-bond donors (Lipinski definition) is 2. The van der Waals surface area contributed by atoms with Gasteiger partial charge in [-0.05, 0) is 66.2 Å². The summed E-state index contributed by atoms with van der Waals surface area (Å²) in [7, 11) is 0. The second-order valence-electron chi connectivity index (χ2n) is 9.44. The molecule has 1 fully saturated rings. The fourth-order valence-electron chi connectivity index (χ4n) is 4.64. The van der Waals surface area contributed by atoms with Crippen molar-refractivity contribution in [2.75, 3.05) is 31.5 Å². The zero-order chi connectivity index (χ0) is 26.6. The van der Waals surface area contributed by atoms with Crippen LogP contribution in [0.15, 0.2) is 83.5 Å². The Morgan fingerprint density at radius 1 is 1.00 bits per heavy atom. The summed E-state index contributed by atoms with van der Waals surface area (Å²) in [6.07, 6.45) is 1.53. The Balaban J connectivity index is 1.19. The third-order valence-electron chi connectivity index (χ3n) is 6.65. The number of rotatable bonds is 8. The number of halogens is 2. The molecule has 0 spiro atoms. The molecular formula is C30H27ClFN5O2. The Hall–Kier alpha value is -3.98. The minimum atomic E-state index is -0.301. The third kappa shape index (κ3) is 6.04. The highest BCUT2D eigenvalue weighted by molar-refractivity contribution is 6.32. The van der Waals surface area contributed by atoms with Gasteiger partial charge in [0.15, 0.2) is 0 Å².